The lowest BCUT2D eigenvalue weighted by Gasteiger charge is -2.07. The third-order valence-corrected chi connectivity index (χ3v) is 3.64. The zero-order chi connectivity index (χ0) is 11.5. The number of furan rings is 1. The molecule has 84 valence electrons. The molecule has 1 nitrogen and oxygen atoms in total. The van der Waals surface area contributed by atoms with Crippen LogP contribution in [0.4, 0.5) is 0 Å². The van der Waals surface area contributed by atoms with E-state index in [1.54, 1.807) is 0 Å². The molecule has 1 unspecified atom stereocenters. The maximum Gasteiger partial charge on any atom is 0.169 e. The summed E-state index contributed by atoms with van der Waals surface area (Å²) in [6.07, 6.45) is 0.848. The average Bonchev–Trinajstić information content (AvgIpc) is 2.65. The molecule has 0 saturated carbocycles. The first-order valence-electron chi connectivity index (χ1n) is 4.79. The second-order valence-corrected chi connectivity index (χ2v) is 5.77. The van der Waals surface area contributed by atoms with Crippen molar-refractivity contribution in [3.63, 3.8) is 0 Å². The predicted molar refractivity (Wildman–Crippen MR) is 73.2 cm³/mol. The predicted octanol–water partition coefficient (Wildman–Crippen LogP) is 5.37. The average molecular weight is 364 g/mol. The van der Waals surface area contributed by atoms with Gasteiger partial charge in [0.2, 0.25) is 0 Å². The van der Waals surface area contributed by atoms with Gasteiger partial charge in [-0.05, 0) is 52.2 Å². The van der Waals surface area contributed by atoms with Crippen molar-refractivity contribution in [3.8, 4) is 0 Å². The van der Waals surface area contributed by atoms with Crippen LogP contribution in [0.25, 0.3) is 0 Å². The summed E-state index contributed by atoms with van der Waals surface area (Å²) in [7, 11) is 0. The second kappa shape index (κ2) is 5.39. The number of hydrogen-bond acceptors (Lipinski definition) is 1. The summed E-state index contributed by atoms with van der Waals surface area (Å²) in [6, 6.07) is 11.7. The SMILES string of the molecule is Clc1cccc(CC(Br)c2ccc(Br)o2)c1. The molecule has 1 heterocycles. The minimum absolute atomic E-state index is 0.164. The summed E-state index contributed by atoms with van der Waals surface area (Å²) in [5, 5.41) is 0.762. The Labute approximate surface area is 116 Å². The highest BCUT2D eigenvalue weighted by atomic mass is 79.9. The van der Waals surface area contributed by atoms with E-state index in [1.807, 2.05) is 30.3 Å². The lowest BCUT2D eigenvalue weighted by atomic mass is 10.1. The van der Waals surface area contributed by atoms with E-state index in [-0.39, 0.29) is 4.83 Å². The summed E-state index contributed by atoms with van der Waals surface area (Å²) in [4.78, 5) is 0.164. The van der Waals surface area contributed by atoms with Crippen LogP contribution in [-0.2, 0) is 6.42 Å². The minimum Gasteiger partial charge on any atom is -0.453 e. The van der Waals surface area contributed by atoms with Crippen molar-refractivity contribution in [2.45, 2.75) is 11.2 Å². The van der Waals surface area contributed by atoms with Crippen LogP contribution in [0, 0.1) is 0 Å². The molecular weight excluding hydrogens is 355 g/mol. The van der Waals surface area contributed by atoms with E-state index in [4.69, 9.17) is 16.0 Å². The van der Waals surface area contributed by atoms with E-state index in [0.717, 1.165) is 21.9 Å². The number of benzene rings is 1. The van der Waals surface area contributed by atoms with Gasteiger partial charge in [0, 0.05) is 5.02 Å². The smallest absolute Gasteiger partial charge is 0.169 e. The third kappa shape index (κ3) is 3.12. The summed E-state index contributed by atoms with van der Waals surface area (Å²) in [5.74, 6) is 0.909. The van der Waals surface area contributed by atoms with Crippen LogP contribution >= 0.6 is 43.5 Å². The molecule has 0 fully saturated rings. The monoisotopic (exact) mass is 362 g/mol. The lowest BCUT2D eigenvalue weighted by Crippen LogP contribution is -1.93. The van der Waals surface area contributed by atoms with Gasteiger partial charge in [-0.2, -0.15) is 0 Å². The molecule has 1 aromatic heterocycles. The zero-order valence-corrected chi connectivity index (χ0v) is 12.2. The fraction of sp³-hybridized carbons (Fsp3) is 0.167. The molecule has 0 saturated heterocycles. The largest absolute Gasteiger partial charge is 0.453 e. The standard InChI is InChI=1S/C12H9Br2ClO/c13-10(11-4-5-12(14)16-11)7-8-2-1-3-9(15)6-8/h1-6,10H,7H2. The van der Waals surface area contributed by atoms with Crippen molar-refractivity contribution in [1.29, 1.82) is 0 Å². The van der Waals surface area contributed by atoms with Gasteiger partial charge in [0.05, 0.1) is 4.83 Å². The number of hydrogen-bond donors (Lipinski definition) is 0. The molecule has 2 aromatic rings. The molecule has 0 spiro atoms. The Morgan fingerprint density at radius 2 is 2.06 bits per heavy atom. The summed E-state index contributed by atoms with van der Waals surface area (Å²) < 4.78 is 6.23. The lowest BCUT2D eigenvalue weighted by molar-refractivity contribution is 0.486. The number of halogens is 3. The second-order valence-electron chi connectivity index (χ2n) is 3.44. The van der Waals surface area contributed by atoms with Crippen molar-refractivity contribution in [2.24, 2.45) is 0 Å². The van der Waals surface area contributed by atoms with E-state index in [1.165, 1.54) is 5.56 Å². The van der Waals surface area contributed by atoms with Crippen molar-refractivity contribution in [3.05, 3.63) is 57.4 Å². The van der Waals surface area contributed by atoms with Crippen LogP contribution < -0.4 is 0 Å². The molecule has 1 atom stereocenters. The summed E-state index contributed by atoms with van der Waals surface area (Å²) >= 11 is 12.8. The Bertz CT molecular complexity index is 481. The Balaban J connectivity index is 2.10. The Kier molecular flexibility index (Phi) is 4.11. The van der Waals surface area contributed by atoms with Gasteiger partial charge in [-0.1, -0.05) is 39.7 Å². The van der Waals surface area contributed by atoms with Crippen molar-refractivity contribution >= 4 is 43.5 Å². The molecule has 2 rings (SSSR count). The van der Waals surface area contributed by atoms with E-state index < -0.39 is 0 Å². The third-order valence-electron chi connectivity index (χ3n) is 2.21. The Morgan fingerprint density at radius 3 is 2.69 bits per heavy atom. The molecule has 0 N–H and O–H groups in total. The minimum atomic E-state index is 0.164. The van der Waals surface area contributed by atoms with Gasteiger partial charge in [-0.25, -0.2) is 0 Å². The van der Waals surface area contributed by atoms with Gasteiger partial charge >= 0.3 is 0 Å². The van der Waals surface area contributed by atoms with Crippen LogP contribution in [0.5, 0.6) is 0 Å². The molecule has 1 aromatic carbocycles. The maximum atomic E-state index is 5.93. The first kappa shape index (κ1) is 12.2. The summed E-state index contributed by atoms with van der Waals surface area (Å²) in [6.45, 7) is 0. The maximum absolute atomic E-state index is 5.93. The van der Waals surface area contributed by atoms with E-state index in [0.29, 0.717) is 0 Å². The van der Waals surface area contributed by atoms with Crippen molar-refractivity contribution in [1.82, 2.24) is 0 Å². The van der Waals surface area contributed by atoms with Crippen molar-refractivity contribution in [2.75, 3.05) is 0 Å². The number of alkyl halides is 1. The quantitative estimate of drug-likeness (QED) is 0.667. The van der Waals surface area contributed by atoms with Crippen LogP contribution in [0.1, 0.15) is 16.2 Å². The first-order valence-corrected chi connectivity index (χ1v) is 6.87. The fourth-order valence-electron chi connectivity index (χ4n) is 1.47. The van der Waals surface area contributed by atoms with Gasteiger partial charge in [-0.15, -0.1) is 0 Å². The molecule has 4 heteroatoms. The molecule has 0 aliphatic rings. The summed E-state index contributed by atoms with van der Waals surface area (Å²) in [5.41, 5.74) is 1.18. The molecule has 16 heavy (non-hydrogen) atoms. The topological polar surface area (TPSA) is 13.1 Å². The van der Waals surface area contributed by atoms with Gasteiger partial charge < -0.3 is 4.42 Å². The Hall–Kier alpha value is -0.250. The van der Waals surface area contributed by atoms with Crippen LogP contribution in [0.3, 0.4) is 0 Å². The van der Waals surface area contributed by atoms with Gasteiger partial charge in [0.15, 0.2) is 4.67 Å². The van der Waals surface area contributed by atoms with Crippen molar-refractivity contribution < 1.29 is 4.42 Å². The van der Waals surface area contributed by atoms with Gasteiger partial charge in [0.1, 0.15) is 5.76 Å². The molecule has 0 aliphatic carbocycles. The highest BCUT2D eigenvalue weighted by Gasteiger charge is 2.12. The van der Waals surface area contributed by atoms with Crippen LogP contribution in [0.15, 0.2) is 45.5 Å². The zero-order valence-electron chi connectivity index (χ0n) is 8.29. The number of rotatable bonds is 3. The molecular formula is C12H9Br2ClO. The molecule has 0 aliphatic heterocycles. The molecule has 0 amide bonds. The van der Waals surface area contributed by atoms with Crippen LogP contribution in [0.2, 0.25) is 5.02 Å². The fourth-order valence-corrected chi connectivity index (χ4v) is 2.62. The van der Waals surface area contributed by atoms with E-state index in [2.05, 4.69) is 37.9 Å². The van der Waals surface area contributed by atoms with Gasteiger partial charge in [-0.3, -0.25) is 0 Å². The Morgan fingerprint density at radius 1 is 1.25 bits per heavy atom. The van der Waals surface area contributed by atoms with E-state index >= 15 is 0 Å². The highest BCUT2D eigenvalue weighted by molar-refractivity contribution is 9.10. The molecule has 0 radical (unpaired) electrons. The molecule has 0 bridgehead atoms. The van der Waals surface area contributed by atoms with Gasteiger partial charge in [0.25, 0.3) is 0 Å². The first-order chi connectivity index (χ1) is 7.65. The highest BCUT2D eigenvalue weighted by Crippen LogP contribution is 2.30. The van der Waals surface area contributed by atoms with E-state index in [9.17, 15) is 0 Å². The van der Waals surface area contributed by atoms with Crippen LogP contribution in [-0.4, -0.2) is 0 Å². The normalized spacial score (nSPS) is 12.7.